The summed E-state index contributed by atoms with van der Waals surface area (Å²) in [6.45, 7) is -8.10. The molecular formula is C64H108N4O48. The number of hydrogen-bond acceptors (Lipinski definition) is 48. The van der Waals surface area contributed by atoms with Crippen LogP contribution in [0, 0.1) is 0 Å². The summed E-state index contributed by atoms with van der Waals surface area (Å²) in [5, 5.41) is 296. The molecule has 9 heterocycles. The van der Waals surface area contributed by atoms with Crippen molar-refractivity contribution in [3.63, 3.8) is 0 Å². The van der Waals surface area contributed by atoms with Crippen LogP contribution >= 0.6 is 0 Å². The molecule has 9 rings (SSSR count). The Kier molecular flexibility index (Phi) is 35.5. The van der Waals surface area contributed by atoms with E-state index in [4.69, 9.17) is 85.3 Å². The second-order valence-electron chi connectivity index (χ2n) is 28.9. The van der Waals surface area contributed by atoms with Crippen molar-refractivity contribution < 1.29 is 237 Å². The van der Waals surface area contributed by atoms with Gasteiger partial charge < -0.3 is 239 Å². The number of carbonyl (C=O) groups is 4. The highest BCUT2D eigenvalue weighted by atomic mass is 16.8. The van der Waals surface area contributed by atoms with Gasteiger partial charge in [-0.25, -0.2) is 0 Å². The molecule has 0 unspecified atom stereocenters. The van der Waals surface area contributed by atoms with Crippen LogP contribution in [0.4, 0.5) is 0 Å². The van der Waals surface area contributed by atoms with Crippen molar-refractivity contribution in [2.45, 2.75) is 303 Å². The van der Waals surface area contributed by atoms with E-state index in [2.05, 4.69) is 21.3 Å². The fourth-order valence-electron chi connectivity index (χ4n) is 14.7. The normalized spacial score (nSPS) is 47.9. The quantitative estimate of drug-likeness (QED) is 0.0266. The maximum Gasteiger partial charge on any atom is 0.217 e. The Labute approximate surface area is 656 Å². The van der Waals surface area contributed by atoms with Gasteiger partial charge in [0.15, 0.2) is 56.6 Å². The van der Waals surface area contributed by atoms with Gasteiger partial charge in [-0.05, 0) is 0 Å². The van der Waals surface area contributed by atoms with Gasteiger partial charge in [0.1, 0.15) is 220 Å². The molecule has 9 aliphatic rings. The smallest absolute Gasteiger partial charge is 0.217 e. The lowest BCUT2D eigenvalue weighted by molar-refractivity contribution is -0.391. The summed E-state index contributed by atoms with van der Waals surface area (Å²) >= 11 is 0. The van der Waals surface area contributed by atoms with E-state index in [0.717, 1.165) is 20.8 Å². The summed E-state index contributed by atoms with van der Waals surface area (Å²) in [6.07, 6.45) is -86.0. The standard InChI is InChI=1S/C64H108N4O48/c1-16(79)66-29-37(87)49(110-60-43(93)40(90)32(82)20(5-70)101-60)24(9-74)105-56(29)100-14-28-36(86)55(115-58-31(68-18(3)81)38(88)50(25(10-75)107-58)111-62-47(97)54(35(85)23(8-73)103-62)116-61-44(94)41(91)33(83)21(6-71)102-61)48(98)64(109-28)112-51-26(11-76)106-57(30(39(51)89)67-17(2)80)114-53-34(84)22(7-72)104-63(46(53)96)113-52-27(12-77)108-59(45(95)42(52)92)99-13-19(4-69)65-15-78/h15,19-64,69-77,82-98H,4-14H2,1-3H3,(H,65,78)(H,66,79)(H,67,80)(H,68,81)/t19-,20-,21-,22-,23-,24-,25-,26-,27-,28-,29-,30-,31-,32+,33+,34+,35+,36+,37-,38-,39-,40+,41+,42-,43-,44-,45-,46-,47-,48-,49-,50-,51-,52-,53+,54+,55+,56-,57+,58+,59-,60+,61-,62+,63+,64+/m1/s1. The maximum absolute atomic E-state index is 13.2. The molecule has 52 nitrogen and oxygen atoms in total. The molecule has 46 atom stereocenters. The van der Waals surface area contributed by atoms with Gasteiger partial charge in [0.2, 0.25) is 24.1 Å². The number of hydrogen-bond donors (Lipinski definition) is 30. The molecule has 0 spiro atoms. The third kappa shape index (κ3) is 21.5. The summed E-state index contributed by atoms with van der Waals surface area (Å²) in [5.74, 6) is -2.90. The summed E-state index contributed by atoms with van der Waals surface area (Å²) in [6, 6.07) is -6.92. The van der Waals surface area contributed by atoms with Crippen LogP contribution in [-0.2, 0) is 104 Å². The molecule has 4 amide bonds. The molecule has 0 aromatic rings. The van der Waals surface area contributed by atoms with Crippen LogP contribution in [0.25, 0.3) is 0 Å². The van der Waals surface area contributed by atoms with E-state index in [0.29, 0.717) is 0 Å². The fraction of sp³-hybridized carbons (Fsp3) is 0.938. The van der Waals surface area contributed by atoms with Crippen LogP contribution < -0.4 is 21.3 Å². The largest absolute Gasteiger partial charge is 0.394 e. The molecule has 672 valence electrons. The van der Waals surface area contributed by atoms with Crippen molar-refractivity contribution >= 4 is 24.1 Å². The van der Waals surface area contributed by atoms with Crippen LogP contribution in [0.2, 0.25) is 0 Å². The van der Waals surface area contributed by atoms with Crippen LogP contribution in [0.5, 0.6) is 0 Å². The van der Waals surface area contributed by atoms with Gasteiger partial charge in [-0.3, -0.25) is 19.2 Å². The van der Waals surface area contributed by atoms with Crippen molar-refractivity contribution in [1.82, 2.24) is 21.3 Å². The lowest BCUT2D eigenvalue weighted by Gasteiger charge is -2.51. The molecule has 0 aliphatic carbocycles. The molecule has 30 N–H and O–H groups in total. The second kappa shape index (κ2) is 43.0. The van der Waals surface area contributed by atoms with Crippen LogP contribution in [-0.4, -0.2) is 512 Å². The molecule has 52 heteroatoms. The second-order valence-corrected chi connectivity index (χ2v) is 28.9. The molecule has 9 aliphatic heterocycles. The van der Waals surface area contributed by atoms with E-state index in [9.17, 15) is 152 Å². The Morgan fingerprint density at radius 2 is 0.543 bits per heavy atom. The van der Waals surface area contributed by atoms with E-state index in [1.807, 2.05) is 0 Å². The molecule has 0 aromatic heterocycles. The predicted molar refractivity (Wildman–Crippen MR) is 356 cm³/mol. The van der Waals surface area contributed by atoms with Gasteiger partial charge in [-0.2, -0.15) is 0 Å². The first-order chi connectivity index (χ1) is 55.1. The lowest BCUT2D eigenvalue weighted by atomic mass is 9.93. The Morgan fingerprint density at radius 1 is 0.284 bits per heavy atom. The monoisotopic (exact) mass is 1700 g/mol. The summed E-state index contributed by atoms with van der Waals surface area (Å²) in [4.78, 5) is 50.2. The van der Waals surface area contributed by atoms with Crippen molar-refractivity contribution in [3.8, 4) is 0 Å². The molecule has 9 saturated heterocycles. The van der Waals surface area contributed by atoms with Gasteiger partial charge in [0.25, 0.3) is 0 Å². The molecule has 116 heavy (non-hydrogen) atoms. The zero-order valence-corrected chi connectivity index (χ0v) is 62.0. The zero-order chi connectivity index (χ0) is 85.3. The average molecular weight is 1700 g/mol. The van der Waals surface area contributed by atoms with Crippen molar-refractivity contribution in [2.24, 2.45) is 0 Å². The van der Waals surface area contributed by atoms with Gasteiger partial charge in [-0.15, -0.1) is 0 Å². The Bertz CT molecular complexity index is 3030. The first kappa shape index (κ1) is 95.9. The highest BCUT2D eigenvalue weighted by Gasteiger charge is 2.61. The highest BCUT2D eigenvalue weighted by molar-refractivity contribution is 5.74. The third-order valence-corrected chi connectivity index (χ3v) is 20.9. The van der Waals surface area contributed by atoms with Crippen LogP contribution in [0.1, 0.15) is 20.8 Å². The Balaban J connectivity index is 1.000. The number of carbonyl (C=O) groups excluding carboxylic acids is 4. The topological polar surface area (TPSA) is 809 Å². The summed E-state index contributed by atoms with van der Waals surface area (Å²) < 4.78 is 105. The Morgan fingerprint density at radius 3 is 0.871 bits per heavy atom. The number of nitrogens with one attached hydrogen (secondary N) is 4. The number of aliphatic hydroxyl groups is 26. The van der Waals surface area contributed by atoms with Crippen molar-refractivity contribution in [1.29, 1.82) is 0 Å². The van der Waals surface area contributed by atoms with E-state index >= 15 is 0 Å². The van der Waals surface area contributed by atoms with Gasteiger partial charge in [-0.1, -0.05) is 0 Å². The number of rotatable bonds is 34. The van der Waals surface area contributed by atoms with Gasteiger partial charge >= 0.3 is 0 Å². The van der Waals surface area contributed by atoms with Crippen LogP contribution in [0.15, 0.2) is 0 Å². The number of amides is 4. The van der Waals surface area contributed by atoms with Gasteiger partial charge in [0, 0.05) is 20.8 Å². The maximum atomic E-state index is 13.2. The van der Waals surface area contributed by atoms with Crippen molar-refractivity contribution in [2.75, 3.05) is 72.7 Å². The first-order valence-corrected chi connectivity index (χ1v) is 36.9. The average Bonchev–Trinajstić information content (AvgIpc) is 0.754. The Hall–Kier alpha value is -3.88. The van der Waals surface area contributed by atoms with Gasteiger partial charge in [0.05, 0.1) is 78.7 Å². The third-order valence-electron chi connectivity index (χ3n) is 20.9. The molecule has 0 radical (unpaired) electrons. The zero-order valence-electron chi connectivity index (χ0n) is 62.0. The van der Waals surface area contributed by atoms with E-state index in [1.165, 1.54) is 0 Å². The number of aliphatic hydroxyl groups excluding tert-OH is 26. The lowest BCUT2D eigenvalue weighted by Crippen LogP contribution is -2.71. The minimum Gasteiger partial charge on any atom is -0.394 e. The molecule has 9 fully saturated rings. The molecule has 0 saturated carbocycles. The SMILES string of the molecule is CC(=O)N[C@H]1[C@H](OC[C@H]2O[C@@H](O[C@H]3[C@H](O)[C@@H](NC(C)=O)[C@H](O[C@H]4[C@@H](O)[C@@H](CO)O[C@@H](O[C@H]5[C@H](O)[C@@H](O)[C@H](OC[C@@H](CO)NC=O)O[C@@H]5CO)[C@@H]4O)O[C@@H]3CO)[C@H](O)[C@@H](O[C@@H]3O[C@H](CO)[C@@H](O[C@@H]4O[C@H](CO)[C@H](O)[C@H](O[C@H]5O[C@H](CO)[C@H](O)[C@H](O)[C@H]5O)[C@H]4O)[C@H](O)[C@H]3NC(C)=O)[C@H]2O)O[C@H](CO)[C@@H](O[C@@H]2O[C@H](CO)[C@H](O)[C@H](O)[C@H]2O)[C@@H]1O. The van der Waals surface area contributed by atoms with E-state index < -0.39 is 373 Å². The van der Waals surface area contributed by atoms with E-state index in [1.54, 1.807) is 0 Å². The van der Waals surface area contributed by atoms with Crippen molar-refractivity contribution in [3.05, 3.63) is 0 Å². The summed E-state index contributed by atoms with van der Waals surface area (Å²) in [5.41, 5.74) is 0. The molecule has 0 bridgehead atoms. The predicted octanol–water partition coefficient (Wildman–Crippen LogP) is -21.1. The van der Waals surface area contributed by atoms with Crippen LogP contribution in [0.3, 0.4) is 0 Å². The first-order valence-electron chi connectivity index (χ1n) is 36.9. The highest BCUT2D eigenvalue weighted by Crippen LogP contribution is 2.40. The molecular weight excluding hydrogens is 1590 g/mol. The summed E-state index contributed by atoms with van der Waals surface area (Å²) in [7, 11) is 0. The minimum absolute atomic E-state index is 0.244. The fourth-order valence-corrected chi connectivity index (χ4v) is 14.7. The van der Waals surface area contributed by atoms with E-state index in [-0.39, 0.29) is 6.41 Å². The number of ether oxygens (including phenoxy) is 18. The minimum atomic E-state index is -2.53. The molecule has 0 aromatic carbocycles.